The van der Waals surface area contributed by atoms with Crippen LogP contribution in [0, 0.1) is 15.2 Å². The van der Waals surface area contributed by atoms with Crippen LogP contribution >= 0.6 is 20.7 Å². The SMILES string of the molecule is C=N/C=C\C(=C/C)c1cn(CC(=O)N(C)C)nc1-c1cccc(NS(=O)(=O)c2cc(F)ccc2I=C)c1F. The van der Waals surface area contributed by atoms with Gasteiger partial charge in [-0.15, -0.1) is 0 Å². The number of aliphatic imine (C=N–C) groups is 1. The molecule has 1 N–H and O–H groups in total. The lowest BCUT2D eigenvalue weighted by molar-refractivity contribution is -0.129. The van der Waals surface area contributed by atoms with Gasteiger partial charge in [-0.1, -0.05) is 37.4 Å². The number of hydrogen-bond acceptors (Lipinski definition) is 5. The number of amides is 1. The average molecular weight is 653 g/mol. The predicted molar refractivity (Wildman–Crippen MR) is 156 cm³/mol. The summed E-state index contributed by atoms with van der Waals surface area (Å²) in [5.74, 6) is -1.84. The zero-order valence-electron chi connectivity index (χ0n) is 21.0. The summed E-state index contributed by atoms with van der Waals surface area (Å²) in [7, 11) is -1.10. The van der Waals surface area contributed by atoms with Crippen molar-refractivity contribution in [2.24, 2.45) is 4.99 Å². The summed E-state index contributed by atoms with van der Waals surface area (Å²) in [6.45, 7) is 5.10. The standard InChI is InChI=1S/C26H26F2IN5O3S/c1-6-17(12-13-30-3)20-15-34(16-24(35)33(4)5)31-26(20)19-8-7-9-22(25(19)28)32-38(36,37)23-14-18(27)10-11-21(23)29-2/h6-15,32H,2-3,16H2,1,4-5H3/b13-12-,17-6+. The zero-order valence-corrected chi connectivity index (χ0v) is 23.9. The molecule has 0 atom stereocenters. The average Bonchev–Trinajstić information content (AvgIpc) is 3.28. The van der Waals surface area contributed by atoms with Gasteiger partial charge in [-0.3, -0.25) is 19.2 Å². The summed E-state index contributed by atoms with van der Waals surface area (Å²) in [4.78, 5) is 17.1. The Balaban J connectivity index is 2.14. The maximum absolute atomic E-state index is 15.9. The third kappa shape index (κ3) is 6.48. The highest BCUT2D eigenvalue weighted by atomic mass is 127. The van der Waals surface area contributed by atoms with Crippen LogP contribution in [0.15, 0.2) is 70.8 Å². The Morgan fingerprint density at radius 2 is 2.00 bits per heavy atom. The largest absolute Gasteiger partial charge is 0.347 e. The first kappa shape index (κ1) is 29.0. The van der Waals surface area contributed by atoms with Crippen LogP contribution in [0.1, 0.15) is 12.5 Å². The molecule has 0 unspecified atom stereocenters. The quantitative estimate of drug-likeness (QED) is 0.191. The number of likely N-dealkylation sites (N-methyl/N-ethyl adjacent to an activating group) is 1. The number of nitrogens with one attached hydrogen (secondary N) is 1. The van der Waals surface area contributed by atoms with Crippen molar-refractivity contribution in [1.82, 2.24) is 14.7 Å². The number of nitrogens with zero attached hydrogens (tertiary/aromatic N) is 4. The minimum atomic E-state index is -4.32. The smallest absolute Gasteiger partial charge is 0.263 e. The van der Waals surface area contributed by atoms with Gasteiger partial charge in [-0.25, -0.2) is 17.2 Å². The molecule has 8 nitrogen and oxygen atoms in total. The van der Waals surface area contributed by atoms with Gasteiger partial charge in [0.25, 0.3) is 10.0 Å². The Labute approximate surface area is 230 Å². The molecule has 3 rings (SSSR count). The molecular weight excluding hydrogens is 627 g/mol. The molecule has 1 aromatic heterocycles. The maximum Gasteiger partial charge on any atom is 0.263 e. The van der Waals surface area contributed by atoms with Crippen LogP contribution in [0.4, 0.5) is 14.5 Å². The minimum Gasteiger partial charge on any atom is -0.347 e. The van der Waals surface area contributed by atoms with E-state index in [1.807, 2.05) is 0 Å². The van der Waals surface area contributed by atoms with Crippen molar-refractivity contribution in [3.63, 3.8) is 0 Å². The number of carbonyl (C=O) groups excluding carboxylic acids is 1. The van der Waals surface area contributed by atoms with Crippen molar-refractivity contribution in [1.29, 1.82) is 0 Å². The summed E-state index contributed by atoms with van der Waals surface area (Å²) in [6.07, 6.45) is 6.48. The molecule has 1 heterocycles. The van der Waals surface area contributed by atoms with E-state index >= 15 is 4.39 Å². The minimum absolute atomic E-state index is 0.000358. The molecule has 3 aromatic rings. The third-order valence-corrected chi connectivity index (χ3v) is 8.90. The zero-order chi connectivity index (χ0) is 28.0. The first-order chi connectivity index (χ1) is 18.0. The number of sulfonamides is 1. The molecule has 0 aliphatic carbocycles. The number of benzene rings is 2. The summed E-state index contributed by atoms with van der Waals surface area (Å²) >= 11 is -0.946. The fourth-order valence-corrected chi connectivity index (χ4v) is 6.80. The maximum atomic E-state index is 15.9. The monoisotopic (exact) mass is 653 g/mol. The third-order valence-electron chi connectivity index (χ3n) is 5.36. The van der Waals surface area contributed by atoms with Gasteiger partial charge in [-0.2, -0.15) is 5.10 Å². The van der Waals surface area contributed by atoms with Crippen LogP contribution in [0.5, 0.6) is 0 Å². The molecule has 0 bridgehead atoms. The van der Waals surface area contributed by atoms with Crippen molar-refractivity contribution >= 4 is 59.2 Å². The fourth-order valence-electron chi connectivity index (χ4n) is 3.45. The normalized spacial score (nSPS) is 12.1. The first-order valence-electron chi connectivity index (χ1n) is 11.1. The summed E-state index contributed by atoms with van der Waals surface area (Å²) in [6, 6.07) is 7.61. The van der Waals surface area contributed by atoms with Gasteiger partial charge in [0.05, 0.1) is 5.69 Å². The topological polar surface area (TPSA) is 96.7 Å². The second kappa shape index (κ2) is 12.3. The number of halogens is 3. The van der Waals surface area contributed by atoms with Crippen molar-refractivity contribution in [2.75, 3.05) is 18.8 Å². The Morgan fingerprint density at radius 3 is 2.63 bits per heavy atom. The van der Waals surface area contributed by atoms with Crippen LogP contribution in [0.3, 0.4) is 0 Å². The molecule has 0 aliphatic rings. The van der Waals surface area contributed by atoms with E-state index in [9.17, 15) is 17.6 Å². The van der Waals surface area contributed by atoms with Crippen molar-refractivity contribution in [2.45, 2.75) is 18.4 Å². The molecule has 0 radical (unpaired) electrons. The second-order valence-electron chi connectivity index (χ2n) is 8.10. The van der Waals surface area contributed by atoms with Crippen LogP contribution in [0.25, 0.3) is 16.8 Å². The van der Waals surface area contributed by atoms with Crippen LogP contribution in [-0.4, -0.2) is 54.3 Å². The number of aromatic nitrogens is 2. The number of hydrogen-bond donors (Lipinski definition) is 1. The van der Waals surface area contributed by atoms with Gasteiger partial charge in [0, 0.05) is 41.2 Å². The number of rotatable bonds is 10. The molecule has 12 heteroatoms. The molecule has 0 saturated carbocycles. The molecule has 200 valence electrons. The van der Waals surface area contributed by atoms with Crippen molar-refractivity contribution < 1.29 is 22.0 Å². The van der Waals surface area contributed by atoms with E-state index in [2.05, 4.69) is 26.0 Å². The van der Waals surface area contributed by atoms with Gasteiger partial charge < -0.3 is 4.90 Å². The number of anilines is 1. The molecule has 0 spiro atoms. The van der Waals surface area contributed by atoms with E-state index in [0.29, 0.717) is 14.7 Å². The highest BCUT2D eigenvalue weighted by molar-refractivity contribution is 14.2. The van der Waals surface area contributed by atoms with Crippen LogP contribution in [-0.2, 0) is 21.4 Å². The van der Waals surface area contributed by atoms with E-state index in [0.717, 1.165) is 12.1 Å². The van der Waals surface area contributed by atoms with E-state index in [1.165, 1.54) is 40.0 Å². The predicted octanol–water partition coefficient (Wildman–Crippen LogP) is 4.91. The van der Waals surface area contributed by atoms with Gasteiger partial charge in [0.15, 0.2) is 5.82 Å². The van der Waals surface area contributed by atoms with Crippen LogP contribution < -0.4 is 4.72 Å². The molecule has 38 heavy (non-hydrogen) atoms. The molecule has 0 fully saturated rings. The van der Waals surface area contributed by atoms with Gasteiger partial charge in [0.1, 0.15) is 23.0 Å². The number of allylic oxidation sites excluding steroid dienone is 3. The Kier molecular flexibility index (Phi) is 9.44. The van der Waals surface area contributed by atoms with E-state index < -0.39 is 42.4 Å². The first-order valence-corrected chi connectivity index (χ1v) is 15.2. The van der Waals surface area contributed by atoms with Gasteiger partial charge in [0.2, 0.25) is 5.91 Å². The Bertz CT molecular complexity index is 1560. The van der Waals surface area contributed by atoms with E-state index in [4.69, 9.17) is 0 Å². The Hall–Kier alpha value is -3.52. The lowest BCUT2D eigenvalue weighted by Gasteiger charge is -2.13. The molecule has 0 saturated heterocycles. The molecule has 0 aliphatic heterocycles. The van der Waals surface area contributed by atoms with Crippen molar-refractivity contribution in [3.8, 4) is 11.3 Å². The van der Waals surface area contributed by atoms with Gasteiger partial charge >= 0.3 is 0 Å². The van der Waals surface area contributed by atoms with E-state index in [-0.39, 0.29) is 34.3 Å². The highest BCUT2D eigenvalue weighted by Gasteiger charge is 2.24. The lowest BCUT2D eigenvalue weighted by Crippen LogP contribution is -2.26. The van der Waals surface area contributed by atoms with Crippen molar-refractivity contribution in [3.05, 3.63) is 81.7 Å². The fraction of sp³-hybridized carbons (Fsp3) is 0.154. The number of carbonyl (C=O) groups is 1. The molecule has 1 amide bonds. The van der Waals surface area contributed by atoms with E-state index in [1.54, 1.807) is 39.4 Å². The molecular formula is C26H26F2IN5O3S. The summed E-state index contributed by atoms with van der Waals surface area (Å²) < 4.78 is 63.8. The van der Waals surface area contributed by atoms with Crippen LogP contribution in [0.2, 0.25) is 0 Å². The summed E-state index contributed by atoms with van der Waals surface area (Å²) in [5.41, 5.74) is 0.971. The molecule has 2 aromatic carbocycles. The summed E-state index contributed by atoms with van der Waals surface area (Å²) in [5, 5.41) is 4.45. The second-order valence-corrected chi connectivity index (χ2v) is 11.7. The highest BCUT2D eigenvalue weighted by Crippen LogP contribution is 2.34. The van der Waals surface area contributed by atoms with Gasteiger partial charge in [-0.05, 0) is 55.6 Å². The lowest BCUT2D eigenvalue weighted by atomic mass is 10.0. The Morgan fingerprint density at radius 1 is 1.26 bits per heavy atom.